The molecule has 2 heterocycles. The molecule has 2 rings (SSSR count). The molecule has 5 heteroatoms. The zero-order valence-corrected chi connectivity index (χ0v) is 11.9. The molecule has 1 aliphatic heterocycles. The Morgan fingerprint density at radius 1 is 1.42 bits per heavy atom. The van der Waals surface area contributed by atoms with Crippen LogP contribution in [0.5, 0.6) is 0 Å². The van der Waals surface area contributed by atoms with Crippen molar-refractivity contribution in [1.82, 2.24) is 9.97 Å². The second-order valence-electron chi connectivity index (χ2n) is 5.05. The number of piperidine rings is 1. The van der Waals surface area contributed by atoms with Crippen LogP contribution in [0, 0.1) is 0 Å². The van der Waals surface area contributed by atoms with Crippen molar-refractivity contribution in [3.63, 3.8) is 0 Å². The maximum absolute atomic E-state index is 9.78. The van der Waals surface area contributed by atoms with E-state index >= 15 is 0 Å². The highest BCUT2D eigenvalue weighted by molar-refractivity contribution is 5.49. The molecule has 1 atom stereocenters. The molecule has 1 aliphatic rings. The Hall–Kier alpha value is -1.36. The Morgan fingerprint density at radius 3 is 2.95 bits per heavy atom. The van der Waals surface area contributed by atoms with Gasteiger partial charge in [-0.1, -0.05) is 13.8 Å². The van der Waals surface area contributed by atoms with Gasteiger partial charge in [0.05, 0.1) is 6.10 Å². The molecule has 0 bridgehead atoms. The van der Waals surface area contributed by atoms with Crippen LogP contribution in [0.15, 0.2) is 6.07 Å². The molecule has 1 fully saturated rings. The largest absolute Gasteiger partial charge is 0.391 e. The van der Waals surface area contributed by atoms with Crippen molar-refractivity contribution in [2.24, 2.45) is 0 Å². The first-order valence-electron chi connectivity index (χ1n) is 7.27. The number of hydrogen-bond acceptors (Lipinski definition) is 5. The molecule has 5 nitrogen and oxygen atoms in total. The standard InChI is InChI=1S/C14H24N4O/c1-3-7-15-13-9-14(17-12(4-2)16-13)18-8-5-6-11(19)10-18/h9,11,19H,3-8,10H2,1-2H3,(H,15,16,17). The quantitative estimate of drug-likeness (QED) is 0.849. The van der Waals surface area contributed by atoms with E-state index in [9.17, 15) is 5.11 Å². The van der Waals surface area contributed by atoms with E-state index in [2.05, 4.69) is 34.0 Å². The van der Waals surface area contributed by atoms with Crippen molar-refractivity contribution in [3.8, 4) is 0 Å². The van der Waals surface area contributed by atoms with Gasteiger partial charge in [-0.05, 0) is 19.3 Å². The van der Waals surface area contributed by atoms with Crippen molar-refractivity contribution in [2.75, 3.05) is 29.9 Å². The van der Waals surface area contributed by atoms with Crippen LogP contribution in [0.4, 0.5) is 11.6 Å². The number of aliphatic hydroxyl groups excluding tert-OH is 1. The Balaban J connectivity index is 2.17. The number of aromatic nitrogens is 2. The van der Waals surface area contributed by atoms with Crippen LogP contribution in [-0.2, 0) is 6.42 Å². The summed E-state index contributed by atoms with van der Waals surface area (Å²) in [6.07, 6.45) is 3.57. The summed E-state index contributed by atoms with van der Waals surface area (Å²) < 4.78 is 0. The first kappa shape index (κ1) is 14.1. The van der Waals surface area contributed by atoms with Gasteiger partial charge < -0.3 is 15.3 Å². The minimum absolute atomic E-state index is 0.235. The zero-order valence-electron chi connectivity index (χ0n) is 11.9. The van der Waals surface area contributed by atoms with Gasteiger partial charge in [0.1, 0.15) is 17.5 Å². The van der Waals surface area contributed by atoms with E-state index in [0.29, 0.717) is 6.54 Å². The van der Waals surface area contributed by atoms with E-state index in [1.54, 1.807) is 0 Å². The molecule has 0 amide bonds. The van der Waals surface area contributed by atoms with Crippen LogP contribution in [0.3, 0.4) is 0 Å². The minimum Gasteiger partial charge on any atom is -0.391 e. The first-order valence-corrected chi connectivity index (χ1v) is 7.27. The number of rotatable bonds is 5. The third-order valence-corrected chi connectivity index (χ3v) is 3.35. The molecule has 0 saturated carbocycles. The lowest BCUT2D eigenvalue weighted by molar-refractivity contribution is 0.154. The lowest BCUT2D eigenvalue weighted by Gasteiger charge is -2.31. The van der Waals surface area contributed by atoms with Gasteiger partial charge in [0.15, 0.2) is 0 Å². The van der Waals surface area contributed by atoms with Gasteiger partial charge in [-0.3, -0.25) is 0 Å². The van der Waals surface area contributed by atoms with Gasteiger partial charge in [-0.25, -0.2) is 9.97 Å². The maximum atomic E-state index is 9.78. The van der Waals surface area contributed by atoms with E-state index < -0.39 is 0 Å². The second-order valence-corrected chi connectivity index (χ2v) is 5.05. The maximum Gasteiger partial charge on any atom is 0.134 e. The van der Waals surface area contributed by atoms with Crippen LogP contribution in [0.25, 0.3) is 0 Å². The average molecular weight is 264 g/mol. The van der Waals surface area contributed by atoms with Gasteiger partial charge in [0, 0.05) is 32.1 Å². The molecular formula is C14H24N4O. The highest BCUT2D eigenvalue weighted by atomic mass is 16.3. The summed E-state index contributed by atoms with van der Waals surface area (Å²) in [5.74, 6) is 2.68. The summed E-state index contributed by atoms with van der Waals surface area (Å²) in [4.78, 5) is 11.2. The van der Waals surface area contributed by atoms with Crippen molar-refractivity contribution in [2.45, 2.75) is 45.6 Å². The fraction of sp³-hybridized carbons (Fsp3) is 0.714. The zero-order chi connectivity index (χ0) is 13.7. The molecule has 1 unspecified atom stereocenters. The van der Waals surface area contributed by atoms with Gasteiger partial charge in [-0.15, -0.1) is 0 Å². The fourth-order valence-electron chi connectivity index (χ4n) is 2.31. The molecule has 0 spiro atoms. The summed E-state index contributed by atoms with van der Waals surface area (Å²) >= 11 is 0. The van der Waals surface area contributed by atoms with E-state index in [-0.39, 0.29) is 6.10 Å². The summed E-state index contributed by atoms with van der Waals surface area (Å²) in [6.45, 7) is 6.75. The number of aliphatic hydroxyl groups is 1. The molecule has 0 aromatic carbocycles. The summed E-state index contributed by atoms with van der Waals surface area (Å²) in [5, 5.41) is 13.1. The molecule has 106 valence electrons. The SMILES string of the molecule is CCCNc1cc(N2CCCC(O)C2)nc(CC)n1. The highest BCUT2D eigenvalue weighted by Gasteiger charge is 2.19. The smallest absolute Gasteiger partial charge is 0.134 e. The van der Waals surface area contributed by atoms with E-state index in [4.69, 9.17) is 0 Å². The third-order valence-electron chi connectivity index (χ3n) is 3.35. The van der Waals surface area contributed by atoms with Crippen LogP contribution in [0.2, 0.25) is 0 Å². The Kier molecular flexibility index (Phi) is 4.96. The molecule has 1 saturated heterocycles. The Bertz CT molecular complexity index is 410. The number of aryl methyl sites for hydroxylation is 1. The molecule has 0 aliphatic carbocycles. The number of anilines is 2. The lowest BCUT2D eigenvalue weighted by Crippen LogP contribution is -2.38. The summed E-state index contributed by atoms with van der Waals surface area (Å²) in [5.41, 5.74) is 0. The Labute approximate surface area is 115 Å². The molecule has 19 heavy (non-hydrogen) atoms. The average Bonchev–Trinajstić information content (AvgIpc) is 2.44. The van der Waals surface area contributed by atoms with Gasteiger partial charge >= 0.3 is 0 Å². The van der Waals surface area contributed by atoms with Crippen molar-refractivity contribution in [3.05, 3.63) is 11.9 Å². The second kappa shape index (κ2) is 6.70. The molecular weight excluding hydrogens is 240 g/mol. The van der Waals surface area contributed by atoms with Gasteiger partial charge in [0.25, 0.3) is 0 Å². The predicted octanol–water partition coefficient (Wildman–Crippen LogP) is 1.82. The van der Waals surface area contributed by atoms with E-state index in [1.807, 2.05) is 6.07 Å². The molecule has 1 aromatic heterocycles. The molecule has 2 N–H and O–H groups in total. The van der Waals surface area contributed by atoms with Crippen molar-refractivity contribution < 1.29 is 5.11 Å². The van der Waals surface area contributed by atoms with E-state index in [1.165, 1.54) is 0 Å². The summed E-state index contributed by atoms with van der Waals surface area (Å²) in [7, 11) is 0. The predicted molar refractivity (Wildman–Crippen MR) is 77.6 cm³/mol. The van der Waals surface area contributed by atoms with E-state index in [0.717, 1.165) is 56.2 Å². The van der Waals surface area contributed by atoms with Crippen molar-refractivity contribution in [1.29, 1.82) is 0 Å². The van der Waals surface area contributed by atoms with Crippen LogP contribution < -0.4 is 10.2 Å². The van der Waals surface area contributed by atoms with Crippen molar-refractivity contribution >= 4 is 11.6 Å². The highest BCUT2D eigenvalue weighted by Crippen LogP contribution is 2.21. The fourth-order valence-corrected chi connectivity index (χ4v) is 2.31. The topological polar surface area (TPSA) is 61.3 Å². The summed E-state index contributed by atoms with van der Waals surface area (Å²) in [6, 6.07) is 1.99. The number of β-amino-alcohol motifs (C(OH)–C–C–N with tert-alkyl or cyclic N) is 1. The van der Waals surface area contributed by atoms with Crippen LogP contribution in [0.1, 0.15) is 38.9 Å². The van der Waals surface area contributed by atoms with Gasteiger partial charge in [0.2, 0.25) is 0 Å². The van der Waals surface area contributed by atoms with Crippen LogP contribution in [-0.4, -0.2) is 40.8 Å². The Morgan fingerprint density at radius 2 is 2.26 bits per heavy atom. The molecule has 1 aromatic rings. The number of nitrogens with one attached hydrogen (secondary N) is 1. The monoisotopic (exact) mass is 264 g/mol. The first-order chi connectivity index (χ1) is 9.22. The minimum atomic E-state index is -0.235. The molecule has 0 radical (unpaired) electrons. The lowest BCUT2D eigenvalue weighted by atomic mass is 10.1. The van der Waals surface area contributed by atoms with Gasteiger partial charge in [-0.2, -0.15) is 0 Å². The third kappa shape index (κ3) is 3.80. The number of hydrogen-bond donors (Lipinski definition) is 2. The number of nitrogens with zero attached hydrogens (tertiary/aromatic N) is 3. The van der Waals surface area contributed by atoms with Crippen LogP contribution >= 0.6 is 0 Å². The normalized spacial score (nSPS) is 19.5.